The molecule has 158 valence electrons. The number of hydrazone groups is 1. The van der Waals surface area contributed by atoms with Crippen molar-refractivity contribution in [2.75, 3.05) is 27.4 Å². The van der Waals surface area contributed by atoms with Crippen molar-refractivity contribution in [3.8, 4) is 23.0 Å². The fourth-order valence-electron chi connectivity index (χ4n) is 2.42. The molecule has 0 saturated heterocycles. The standard InChI is InChI=1S/C19H23ClN2O6S/c1-5-27-18-10-13(9-15(20)19(18)28-6-2)12-21-22-29(23,24)14-7-8-16(25-3)17(11-14)26-4/h7-12,22H,5-6H2,1-4H3/b21-12+. The van der Waals surface area contributed by atoms with Gasteiger partial charge in [0.15, 0.2) is 23.0 Å². The predicted molar refractivity (Wildman–Crippen MR) is 111 cm³/mol. The summed E-state index contributed by atoms with van der Waals surface area (Å²) in [5.74, 6) is 1.59. The normalized spacial score (nSPS) is 11.3. The third-order valence-electron chi connectivity index (χ3n) is 3.67. The molecule has 29 heavy (non-hydrogen) atoms. The number of nitrogens with zero attached hydrogens (tertiary/aromatic N) is 1. The largest absolute Gasteiger partial charge is 0.493 e. The number of methoxy groups -OCH3 is 2. The molecule has 1 N–H and O–H groups in total. The Kier molecular flexibility index (Phi) is 7.98. The predicted octanol–water partition coefficient (Wildman–Crippen LogP) is 3.47. The quantitative estimate of drug-likeness (QED) is 0.447. The zero-order chi connectivity index (χ0) is 21.4. The molecule has 10 heteroatoms. The molecule has 2 aromatic carbocycles. The molecule has 8 nitrogen and oxygen atoms in total. The summed E-state index contributed by atoms with van der Waals surface area (Å²) >= 11 is 6.24. The van der Waals surface area contributed by atoms with Crippen molar-refractivity contribution < 1.29 is 27.4 Å². The summed E-state index contributed by atoms with van der Waals surface area (Å²) in [6.07, 6.45) is 1.32. The Hall–Kier alpha value is -2.65. The molecule has 0 amide bonds. The molecule has 0 atom stereocenters. The SMILES string of the molecule is CCOc1cc(/C=N/NS(=O)(=O)c2ccc(OC)c(OC)c2)cc(Cl)c1OCC. The molecule has 0 aliphatic heterocycles. The van der Waals surface area contributed by atoms with Gasteiger partial charge in [0.2, 0.25) is 0 Å². The van der Waals surface area contributed by atoms with Crippen LogP contribution in [-0.2, 0) is 10.0 Å². The van der Waals surface area contributed by atoms with Crippen molar-refractivity contribution in [2.45, 2.75) is 18.7 Å². The second kappa shape index (κ2) is 10.2. The lowest BCUT2D eigenvalue weighted by molar-refractivity contribution is 0.288. The van der Waals surface area contributed by atoms with Crippen LogP contribution in [0.3, 0.4) is 0 Å². The topological polar surface area (TPSA) is 95.5 Å². The summed E-state index contributed by atoms with van der Waals surface area (Å²) in [5.41, 5.74) is 0.539. The van der Waals surface area contributed by atoms with E-state index in [9.17, 15) is 8.42 Å². The van der Waals surface area contributed by atoms with Crippen LogP contribution in [0.1, 0.15) is 19.4 Å². The molecule has 0 bridgehead atoms. The van der Waals surface area contributed by atoms with Crippen LogP contribution in [0.5, 0.6) is 23.0 Å². The van der Waals surface area contributed by atoms with Crippen molar-refractivity contribution >= 4 is 27.8 Å². The lowest BCUT2D eigenvalue weighted by Crippen LogP contribution is -2.18. The highest BCUT2D eigenvalue weighted by Gasteiger charge is 2.16. The summed E-state index contributed by atoms with van der Waals surface area (Å²) in [5, 5.41) is 4.15. The molecule has 2 rings (SSSR count). The van der Waals surface area contributed by atoms with Gasteiger partial charge in [-0.2, -0.15) is 13.5 Å². The minimum absolute atomic E-state index is 0.0213. The fraction of sp³-hybridized carbons (Fsp3) is 0.316. The number of ether oxygens (including phenoxy) is 4. The summed E-state index contributed by atoms with van der Waals surface area (Å²) < 4.78 is 46.2. The molecule has 0 aromatic heterocycles. The zero-order valence-electron chi connectivity index (χ0n) is 16.6. The summed E-state index contributed by atoms with van der Waals surface area (Å²) in [7, 11) is -1.02. The maximum Gasteiger partial charge on any atom is 0.276 e. The molecule has 2 aromatic rings. The van der Waals surface area contributed by atoms with Gasteiger partial charge in [-0.05, 0) is 43.7 Å². The lowest BCUT2D eigenvalue weighted by atomic mass is 10.2. The number of sulfonamides is 1. The van der Waals surface area contributed by atoms with Gasteiger partial charge in [0.25, 0.3) is 10.0 Å². The Bertz CT molecular complexity index is 979. The van der Waals surface area contributed by atoms with E-state index in [1.165, 1.54) is 38.6 Å². The first-order valence-electron chi connectivity index (χ1n) is 8.72. The first kappa shape index (κ1) is 22.6. The van der Waals surface area contributed by atoms with Crippen LogP contribution in [0.25, 0.3) is 0 Å². The van der Waals surface area contributed by atoms with Crippen molar-refractivity contribution in [2.24, 2.45) is 5.10 Å². The van der Waals surface area contributed by atoms with E-state index in [1.54, 1.807) is 12.1 Å². The maximum atomic E-state index is 12.5. The minimum Gasteiger partial charge on any atom is -0.493 e. The van der Waals surface area contributed by atoms with Gasteiger partial charge in [0.1, 0.15) is 0 Å². The first-order valence-corrected chi connectivity index (χ1v) is 10.6. The molecular formula is C19H23ClN2O6S. The summed E-state index contributed by atoms with van der Waals surface area (Å²) in [4.78, 5) is 2.13. The van der Waals surface area contributed by atoms with E-state index in [2.05, 4.69) is 9.93 Å². The maximum absolute atomic E-state index is 12.5. The number of benzene rings is 2. The van der Waals surface area contributed by atoms with Crippen LogP contribution in [0.4, 0.5) is 0 Å². The molecule has 0 heterocycles. The monoisotopic (exact) mass is 442 g/mol. The average Bonchev–Trinajstić information content (AvgIpc) is 2.70. The second-order valence-corrected chi connectivity index (χ2v) is 7.63. The van der Waals surface area contributed by atoms with Crippen molar-refractivity contribution in [1.29, 1.82) is 0 Å². The Morgan fingerprint density at radius 1 is 1.00 bits per heavy atom. The Morgan fingerprint density at radius 2 is 1.69 bits per heavy atom. The van der Waals surface area contributed by atoms with Gasteiger partial charge < -0.3 is 18.9 Å². The van der Waals surface area contributed by atoms with Gasteiger partial charge in [-0.3, -0.25) is 0 Å². The van der Waals surface area contributed by atoms with Crippen LogP contribution < -0.4 is 23.8 Å². The third-order valence-corrected chi connectivity index (χ3v) is 5.17. The number of nitrogens with one attached hydrogen (secondary N) is 1. The van der Waals surface area contributed by atoms with Crippen LogP contribution in [-0.4, -0.2) is 42.1 Å². The van der Waals surface area contributed by atoms with E-state index in [0.29, 0.717) is 46.8 Å². The minimum atomic E-state index is -3.91. The van der Waals surface area contributed by atoms with E-state index in [0.717, 1.165) is 0 Å². The van der Waals surface area contributed by atoms with E-state index in [1.807, 2.05) is 13.8 Å². The van der Waals surface area contributed by atoms with Gasteiger partial charge in [-0.25, -0.2) is 4.83 Å². The molecule has 0 unspecified atom stereocenters. The lowest BCUT2D eigenvalue weighted by Gasteiger charge is -2.13. The Labute approximate surface area is 175 Å². The number of halogens is 1. The summed E-state index contributed by atoms with van der Waals surface area (Å²) in [6, 6.07) is 7.49. The smallest absolute Gasteiger partial charge is 0.276 e. The molecule has 0 saturated carbocycles. The highest BCUT2D eigenvalue weighted by atomic mass is 35.5. The van der Waals surface area contributed by atoms with Crippen LogP contribution >= 0.6 is 11.6 Å². The van der Waals surface area contributed by atoms with Crippen molar-refractivity contribution in [3.63, 3.8) is 0 Å². The Balaban J connectivity index is 2.24. The van der Waals surface area contributed by atoms with Gasteiger partial charge in [0, 0.05) is 6.07 Å². The number of hydrogen-bond acceptors (Lipinski definition) is 7. The van der Waals surface area contributed by atoms with Gasteiger partial charge in [0.05, 0.1) is 43.6 Å². The van der Waals surface area contributed by atoms with Crippen molar-refractivity contribution in [3.05, 3.63) is 40.9 Å². The van der Waals surface area contributed by atoms with Crippen LogP contribution in [0, 0.1) is 0 Å². The highest BCUT2D eigenvalue weighted by Crippen LogP contribution is 2.36. The Morgan fingerprint density at radius 3 is 2.31 bits per heavy atom. The van der Waals surface area contributed by atoms with E-state index < -0.39 is 10.0 Å². The third kappa shape index (κ3) is 5.68. The van der Waals surface area contributed by atoms with E-state index in [4.69, 9.17) is 30.5 Å². The summed E-state index contributed by atoms with van der Waals surface area (Å²) in [6.45, 7) is 4.52. The molecule has 0 fully saturated rings. The molecular weight excluding hydrogens is 420 g/mol. The van der Waals surface area contributed by atoms with Gasteiger partial charge >= 0.3 is 0 Å². The zero-order valence-corrected chi connectivity index (χ0v) is 18.1. The molecule has 0 aliphatic carbocycles. The molecule has 0 aliphatic rings. The van der Waals surface area contributed by atoms with E-state index in [-0.39, 0.29) is 4.90 Å². The van der Waals surface area contributed by atoms with Crippen molar-refractivity contribution in [1.82, 2.24) is 4.83 Å². The molecule has 0 spiro atoms. The first-order chi connectivity index (χ1) is 13.9. The number of hydrogen-bond donors (Lipinski definition) is 1. The second-order valence-electron chi connectivity index (χ2n) is 5.57. The van der Waals surface area contributed by atoms with Crippen LogP contribution in [0.2, 0.25) is 5.02 Å². The average molecular weight is 443 g/mol. The fourth-order valence-corrected chi connectivity index (χ4v) is 3.50. The number of rotatable bonds is 10. The highest BCUT2D eigenvalue weighted by molar-refractivity contribution is 7.89. The van der Waals surface area contributed by atoms with Gasteiger partial charge in [-0.1, -0.05) is 11.6 Å². The van der Waals surface area contributed by atoms with E-state index >= 15 is 0 Å². The molecule has 0 radical (unpaired) electrons. The van der Waals surface area contributed by atoms with Gasteiger partial charge in [-0.15, -0.1) is 0 Å². The van der Waals surface area contributed by atoms with Crippen LogP contribution in [0.15, 0.2) is 40.3 Å².